The second kappa shape index (κ2) is 11.4. The minimum atomic E-state index is -0.610. The minimum Gasteiger partial charge on any atom is -0.493 e. The van der Waals surface area contributed by atoms with Crippen LogP contribution in [0.3, 0.4) is 0 Å². The monoisotopic (exact) mass is 471 g/mol. The van der Waals surface area contributed by atoms with Gasteiger partial charge in [0, 0.05) is 5.38 Å². The number of rotatable bonds is 10. The molecule has 2 N–H and O–H groups in total. The van der Waals surface area contributed by atoms with Gasteiger partial charge in [-0.15, -0.1) is 11.3 Å². The predicted octanol–water partition coefficient (Wildman–Crippen LogP) is 4.75. The third kappa shape index (κ3) is 6.52. The van der Waals surface area contributed by atoms with Gasteiger partial charge < -0.3 is 14.8 Å². The zero-order chi connectivity index (χ0) is 23.8. The zero-order valence-corrected chi connectivity index (χ0v) is 19.5. The van der Waals surface area contributed by atoms with Gasteiger partial charge in [-0.2, -0.15) is 0 Å². The van der Waals surface area contributed by atoms with Crippen LogP contribution < -0.4 is 20.1 Å². The molecule has 0 saturated heterocycles. The highest BCUT2D eigenvalue weighted by molar-refractivity contribution is 7.14. The van der Waals surface area contributed by atoms with Gasteiger partial charge in [0.1, 0.15) is 5.82 Å². The molecule has 0 bridgehead atoms. The fraction of sp³-hybridized carbons (Fsp3) is 0.292. The first-order valence-corrected chi connectivity index (χ1v) is 11.4. The van der Waals surface area contributed by atoms with Crippen LogP contribution in [0, 0.1) is 5.82 Å². The third-order valence-corrected chi connectivity index (χ3v) is 5.57. The summed E-state index contributed by atoms with van der Waals surface area (Å²) in [6, 6.07) is 11.0. The van der Waals surface area contributed by atoms with Gasteiger partial charge in [0.05, 0.1) is 37.4 Å². The van der Waals surface area contributed by atoms with Crippen LogP contribution in [0.1, 0.15) is 47.9 Å². The minimum absolute atomic E-state index is 0.0469. The average Bonchev–Trinajstić information content (AvgIpc) is 3.23. The van der Waals surface area contributed by atoms with E-state index in [-0.39, 0.29) is 23.9 Å². The van der Waals surface area contributed by atoms with Crippen LogP contribution in [-0.4, -0.2) is 30.5 Å². The Kier molecular flexibility index (Phi) is 8.37. The van der Waals surface area contributed by atoms with Crippen molar-refractivity contribution in [3.05, 3.63) is 70.5 Å². The van der Waals surface area contributed by atoms with Crippen molar-refractivity contribution in [1.29, 1.82) is 0 Å². The van der Waals surface area contributed by atoms with Crippen molar-refractivity contribution < 1.29 is 23.5 Å². The zero-order valence-electron chi connectivity index (χ0n) is 18.7. The van der Waals surface area contributed by atoms with Gasteiger partial charge in [-0.25, -0.2) is 9.37 Å². The normalized spacial score (nSPS) is 11.5. The van der Waals surface area contributed by atoms with E-state index in [1.807, 2.05) is 32.0 Å². The number of anilines is 1. The lowest BCUT2D eigenvalue weighted by atomic mass is 10.1. The van der Waals surface area contributed by atoms with Crippen LogP contribution in [-0.2, 0) is 11.2 Å². The van der Waals surface area contributed by atoms with Gasteiger partial charge >= 0.3 is 0 Å². The third-order valence-electron chi connectivity index (χ3n) is 4.76. The molecule has 1 atom stereocenters. The summed E-state index contributed by atoms with van der Waals surface area (Å²) in [6.07, 6.45) is 0.938. The number of thiazole rings is 1. The van der Waals surface area contributed by atoms with Gasteiger partial charge in [-0.1, -0.05) is 25.1 Å². The van der Waals surface area contributed by atoms with Crippen LogP contribution >= 0.6 is 11.3 Å². The molecule has 1 aromatic heterocycles. The summed E-state index contributed by atoms with van der Waals surface area (Å²) in [4.78, 5) is 29.0. The van der Waals surface area contributed by atoms with E-state index in [4.69, 9.17) is 9.47 Å². The molecule has 0 spiro atoms. The first kappa shape index (κ1) is 24.2. The molecule has 3 aromatic rings. The molecule has 0 fully saturated rings. The van der Waals surface area contributed by atoms with E-state index in [1.54, 1.807) is 18.6 Å². The largest absolute Gasteiger partial charge is 0.493 e. The molecule has 33 heavy (non-hydrogen) atoms. The molecule has 3 rings (SSSR count). The van der Waals surface area contributed by atoms with E-state index in [1.165, 1.54) is 29.5 Å². The smallest absolute Gasteiger partial charge is 0.260 e. The van der Waals surface area contributed by atoms with Gasteiger partial charge in [-0.05, 0) is 43.2 Å². The van der Waals surface area contributed by atoms with Crippen LogP contribution in [0.2, 0.25) is 0 Å². The average molecular weight is 472 g/mol. The van der Waals surface area contributed by atoms with Gasteiger partial charge in [0.25, 0.3) is 5.91 Å². The number of ether oxygens (including phenoxy) is 2. The van der Waals surface area contributed by atoms with Crippen LogP contribution in [0.5, 0.6) is 11.5 Å². The number of carbonyl (C=O) groups is 2. The van der Waals surface area contributed by atoms with E-state index < -0.39 is 11.7 Å². The van der Waals surface area contributed by atoms with Gasteiger partial charge in [0.15, 0.2) is 16.6 Å². The molecule has 0 aliphatic carbocycles. The highest BCUT2D eigenvalue weighted by atomic mass is 32.1. The molecule has 174 valence electrons. The van der Waals surface area contributed by atoms with E-state index in [2.05, 4.69) is 15.6 Å². The molecule has 1 heterocycles. The Morgan fingerprint density at radius 2 is 1.97 bits per heavy atom. The number of hydrogen-bond donors (Lipinski definition) is 2. The molecule has 7 nitrogen and oxygen atoms in total. The maximum absolute atomic E-state index is 13.8. The highest BCUT2D eigenvalue weighted by Crippen LogP contribution is 2.30. The molecule has 0 aliphatic rings. The van der Waals surface area contributed by atoms with Crippen molar-refractivity contribution in [1.82, 2.24) is 10.3 Å². The molecular weight excluding hydrogens is 445 g/mol. The second-order valence-electron chi connectivity index (χ2n) is 7.30. The molecular formula is C24H26FN3O4S. The number of methoxy groups -OCH3 is 1. The molecule has 0 aliphatic heterocycles. The highest BCUT2D eigenvalue weighted by Gasteiger charge is 2.16. The van der Waals surface area contributed by atoms with E-state index in [0.29, 0.717) is 28.9 Å². The Hall–Kier alpha value is -3.46. The van der Waals surface area contributed by atoms with Crippen molar-refractivity contribution in [3.63, 3.8) is 0 Å². The summed E-state index contributed by atoms with van der Waals surface area (Å²) in [5.74, 6) is -0.148. The molecule has 0 radical (unpaired) electrons. The Balaban J connectivity index is 1.57. The topological polar surface area (TPSA) is 89.6 Å². The first-order valence-electron chi connectivity index (χ1n) is 10.5. The predicted molar refractivity (Wildman–Crippen MR) is 126 cm³/mol. The lowest BCUT2D eigenvalue weighted by molar-refractivity contribution is -0.121. The molecule has 2 aromatic carbocycles. The van der Waals surface area contributed by atoms with Crippen molar-refractivity contribution in [2.24, 2.45) is 0 Å². The Morgan fingerprint density at radius 3 is 2.70 bits per heavy atom. The molecule has 1 unspecified atom stereocenters. The van der Waals surface area contributed by atoms with Crippen molar-refractivity contribution in [2.45, 2.75) is 32.7 Å². The number of benzene rings is 2. The van der Waals surface area contributed by atoms with Crippen molar-refractivity contribution in [3.8, 4) is 11.5 Å². The Bertz CT molecular complexity index is 1120. The van der Waals surface area contributed by atoms with Gasteiger partial charge in [-0.3, -0.25) is 14.9 Å². The number of amides is 2. The molecule has 0 saturated carbocycles. The fourth-order valence-electron chi connectivity index (χ4n) is 3.08. The lowest BCUT2D eigenvalue weighted by Gasteiger charge is -2.17. The fourth-order valence-corrected chi connectivity index (χ4v) is 3.79. The van der Waals surface area contributed by atoms with Crippen LogP contribution in [0.15, 0.2) is 47.8 Å². The summed E-state index contributed by atoms with van der Waals surface area (Å²) < 4.78 is 24.8. The van der Waals surface area contributed by atoms with E-state index in [0.717, 1.165) is 12.0 Å². The maximum Gasteiger partial charge on any atom is 0.260 e. The number of aromatic nitrogens is 1. The summed E-state index contributed by atoms with van der Waals surface area (Å²) in [6.45, 7) is 4.50. The van der Waals surface area contributed by atoms with Crippen molar-refractivity contribution in [2.75, 3.05) is 19.0 Å². The van der Waals surface area contributed by atoms with Gasteiger partial charge in [0.2, 0.25) is 5.91 Å². The number of nitrogens with one attached hydrogen (secondary N) is 2. The number of halogens is 1. The Labute approximate surface area is 196 Å². The SMILES string of the molecule is CCCOc1ccc(C(C)NC(=O)Cc2csc(NC(=O)c3ccccc3F)n2)cc1OC. The lowest BCUT2D eigenvalue weighted by Crippen LogP contribution is -2.28. The summed E-state index contributed by atoms with van der Waals surface area (Å²) in [5.41, 5.74) is 1.32. The van der Waals surface area contributed by atoms with Crippen LogP contribution in [0.4, 0.5) is 9.52 Å². The van der Waals surface area contributed by atoms with E-state index in [9.17, 15) is 14.0 Å². The molecule has 9 heteroatoms. The van der Waals surface area contributed by atoms with Crippen LogP contribution in [0.25, 0.3) is 0 Å². The summed E-state index contributed by atoms with van der Waals surface area (Å²) in [7, 11) is 1.58. The maximum atomic E-state index is 13.8. The summed E-state index contributed by atoms with van der Waals surface area (Å²) in [5, 5.41) is 7.48. The molecule has 2 amide bonds. The van der Waals surface area contributed by atoms with Crippen molar-refractivity contribution >= 4 is 28.3 Å². The summed E-state index contributed by atoms with van der Waals surface area (Å²) >= 11 is 1.17. The number of nitrogens with zero attached hydrogens (tertiary/aromatic N) is 1. The number of carbonyl (C=O) groups excluding carboxylic acids is 2. The second-order valence-corrected chi connectivity index (χ2v) is 8.16. The van der Waals surface area contributed by atoms with E-state index >= 15 is 0 Å². The number of hydrogen-bond acceptors (Lipinski definition) is 6. The Morgan fingerprint density at radius 1 is 1.18 bits per heavy atom. The quantitative estimate of drug-likeness (QED) is 0.445. The first-order chi connectivity index (χ1) is 15.9. The standard InChI is InChI=1S/C24H26FN3O4S/c1-4-11-32-20-10-9-16(12-21(20)31-3)15(2)26-22(29)13-17-14-33-24(27-17)28-23(30)18-7-5-6-8-19(18)25/h5-10,12,14-15H,4,11,13H2,1-3H3,(H,26,29)(H,27,28,30).